The van der Waals surface area contributed by atoms with Crippen LogP contribution in [-0.4, -0.2) is 0 Å². The van der Waals surface area contributed by atoms with Gasteiger partial charge in [-0.3, -0.25) is 0 Å². The highest BCUT2D eigenvalue weighted by atomic mass is 19.4. The Morgan fingerprint density at radius 3 is 2.38 bits per heavy atom. The molecule has 0 fully saturated rings. The van der Waals surface area contributed by atoms with E-state index < -0.39 is 11.9 Å². The van der Waals surface area contributed by atoms with Gasteiger partial charge in [0.15, 0.2) is 0 Å². The third kappa shape index (κ3) is 1.66. The van der Waals surface area contributed by atoms with E-state index in [-0.39, 0.29) is 16.1 Å². The van der Waals surface area contributed by atoms with Crippen molar-refractivity contribution in [3.63, 3.8) is 0 Å². The molecule has 0 saturated carbocycles. The molecule has 0 atom stereocenters. The summed E-state index contributed by atoms with van der Waals surface area (Å²) in [5.74, 6) is 0. The molecule has 0 aliphatic heterocycles. The zero-order valence-electron chi connectivity index (χ0n) is 6.72. The van der Waals surface area contributed by atoms with E-state index in [1.165, 1.54) is 6.92 Å². The van der Waals surface area contributed by atoms with Gasteiger partial charge in [-0.1, -0.05) is 0 Å². The molecule has 0 spiro atoms. The quantitative estimate of drug-likeness (QED) is 0.496. The van der Waals surface area contributed by atoms with Gasteiger partial charge in [0.2, 0.25) is 5.69 Å². The van der Waals surface area contributed by atoms with E-state index in [4.69, 9.17) is 5.73 Å². The number of anilines is 1. The normalized spacial score (nSPS) is 11.7. The van der Waals surface area contributed by atoms with Crippen LogP contribution in [0, 0.1) is 12.1 Å². The molecule has 2 N–H and O–H groups in total. The number of hydrogen-bond donors (Lipinski definition) is 1. The predicted octanol–water partition coefficient (Wildman–Crippen LogP) is 1.23. The lowest BCUT2D eigenvalue weighted by molar-refractivity contribution is -0.634. The Kier molecular flexibility index (Phi) is 2.07. The lowest BCUT2D eigenvalue weighted by atomic mass is 10.2. The zero-order valence-corrected chi connectivity index (χ0v) is 6.72. The van der Waals surface area contributed by atoms with Gasteiger partial charge in [0.25, 0.3) is 5.69 Å². The largest absolute Gasteiger partial charge is 0.618 e. The van der Waals surface area contributed by atoms with Crippen molar-refractivity contribution in [2.75, 3.05) is 5.73 Å². The molecule has 0 aliphatic carbocycles. The Morgan fingerprint density at radius 2 is 1.92 bits per heavy atom. The average Bonchev–Trinajstić information content (AvgIpc) is 1.98. The number of nitrogens with two attached hydrogens (primary N) is 1. The standard InChI is InChI=1S/C7H7F3N2O/c1-4-5(11)2-3-6(12(4)13)7(8,9)10/h2-3H,11H2,1H3. The minimum absolute atomic E-state index is 0.0444. The number of nitrogen functional groups attached to an aromatic ring is 1. The SMILES string of the molecule is Cc1c(N)ccc(C(F)(F)F)[n+]1[O-]. The third-order valence-corrected chi connectivity index (χ3v) is 1.65. The smallest absolute Gasteiger partial charge is 0.478 e. The monoisotopic (exact) mass is 192 g/mol. The van der Waals surface area contributed by atoms with Crippen LogP contribution >= 0.6 is 0 Å². The number of alkyl halides is 3. The van der Waals surface area contributed by atoms with Crippen LogP contribution in [0.4, 0.5) is 18.9 Å². The summed E-state index contributed by atoms with van der Waals surface area (Å²) in [6, 6.07) is 1.72. The lowest BCUT2D eigenvalue weighted by Gasteiger charge is -2.10. The van der Waals surface area contributed by atoms with Gasteiger partial charge in [-0.15, -0.1) is 0 Å². The van der Waals surface area contributed by atoms with E-state index in [0.29, 0.717) is 6.07 Å². The molecule has 1 heterocycles. The first-order chi connectivity index (χ1) is 5.84. The molecule has 1 rings (SSSR count). The number of pyridine rings is 1. The highest BCUT2D eigenvalue weighted by molar-refractivity contribution is 5.39. The Balaban J connectivity index is 3.35. The fraction of sp³-hybridized carbons (Fsp3) is 0.286. The third-order valence-electron chi connectivity index (χ3n) is 1.65. The summed E-state index contributed by atoms with van der Waals surface area (Å²) in [5.41, 5.74) is 3.89. The summed E-state index contributed by atoms with van der Waals surface area (Å²) in [4.78, 5) is 0. The Labute approximate surface area is 72.2 Å². The molecule has 72 valence electrons. The van der Waals surface area contributed by atoms with Gasteiger partial charge in [0.1, 0.15) is 5.69 Å². The van der Waals surface area contributed by atoms with Crippen molar-refractivity contribution >= 4 is 5.69 Å². The van der Waals surface area contributed by atoms with Crippen LogP contribution in [0.25, 0.3) is 0 Å². The molecule has 0 saturated heterocycles. The number of nitrogens with zero attached hydrogens (tertiary/aromatic N) is 1. The van der Waals surface area contributed by atoms with Crippen LogP contribution in [0.1, 0.15) is 11.4 Å². The van der Waals surface area contributed by atoms with Crippen LogP contribution in [0.5, 0.6) is 0 Å². The molecule has 1 aromatic rings. The summed E-state index contributed by atoms with van der Waals surface area (Å²) in [6.07, 6.45) is -4.64. The molecule has 0 radical (unpaired) electrons. The first-order valence-electron chi connectivity index (χ1n) is 3.40. The zero-order chi connectivity index (χ0) is 10.2. The molecule has 1 aromatic heterocycles. The van der Waals surface area contributed by atoms with Crippen LogP contribution in [0.15, 0.2) is 12.1 Å². The maximum absolute atomic E-state index is 12.1. The lowest BCUT2D eigenvalue weighted by Crippen LogP contribution is -2.40. The second-order valence-corrected chi connectivity index (χ2v) is 2.55. The minimum Gasteiger partial charge on any atom is -0.618 e. The molecule has 0 unspecified atom stereocenters. The van der Waals surface area contributed by atoms with Crippen molar-refractivity contribution in [2.24, 2.45) is 0 Å². The second kappa shape index (κ2) is 2.79. The molecule has 0 bridgehead atoms. The van der Waals surface area contributed by atoms with Gasteiger partial charge in [0, 0.05) is 13.0 Å². The van der Waals surface area contributed by atoms with Crippen LogP contribution in [0.3, 0.4) is 0 Å². The molecule has 0 aromatic carbocycles. The minimum atomic E-state index is -4.64. The van der Waals surface area contributed by atoms with Gasteiger partial charge < -0.3 is 10.9 Å². The van der Waals surface area contributed by atoms with Crippen molar-refractivity contribution in [1.82, 2.24) is 0 Å². The van der Waals surface area contributed by atoms with Gasteiger partial charge in [-0.2, -0.15) is 17.9 Å². The summed E-state index contributed by atoms with van der Waals surface area (Å²) < 4.78 is 36.1. The highest BCUT2D eigenvalue weighted by Crippen LogP contribution is 2.27. The fourth-order valence-corrected chi connectivity index (χ4v) is 0.865. The van der Waals surface area contributed by atoms with E-state index in [0.717, 1.165) is 6.07 Å². The van der Waals surface area contributed by atoms with Crippen molar-refractivity contribution in [3.8, 4) is 0 Å². The van der Waals surface area contributed by atoms with Gasteiger partial charge in [0.05, 0.1) is 0 Å². The van der Waals surface area contributed by atoms with Crippen LogP contribution < -0.4 is 10.5 Å². The first-order valence-corrected chi connectivity index (χ1v) is 3.40. The maximum Gasteiger partial charge on any atom is 0.478 e. The molecule has 3 nitrogen and oxygen atoms in total. The number of aromatic nitrogens is 1. The van der Waals surface area contributed by atoms with E-state index in [2.05, 4.69) is 0 Å². The Bertz CT molecular complexity index is 335. The van der Waals surface area contributed by atoms with Gasteiger partial charge in [-0.25, -0.2) is 0 Å². The highest BCUT2D eigenvalue weighted by Gasteiger charge is 2.40. The van der Waals surface area contributed by atoms with Crippen LogP contribution in [-0.2, 0) is 6.18 Å². The van der Waals surface area contributed by atoms with E-state index >= 15 is 0 Å². The van der Waals surface area contributed by atoms with Crippen molar-refractivity contribution in [2.45, 2.75) is 13.1 Å². The average molecular weight is 192 g/mol. The van der Waals surface area contributed by atoms with Crippen molar-refractivity contribution in [3.05, 3.63) is 28.7 Å². The van der Waals surface area contributed by atoms with E-state index in [1.807, 2.05) is 0 Å². The van der Waals surface area contributed by atoms with Gasteiger partial charge >= 0.3 is 6.18 Å². The number of rotatable bonds is 0. The molecule has 6 heteroatoms. The first kappa shape index (κ1) is 9.63. The predicted molar refractivity (Wildman–Crippen MR) is 39.6 cm³/mol. The number of hydrogen-bond acceptors (Lipinski definition) is 2. The van der Waals surface area contributed by atoms with E-state index in [1.54, 1.807) is 0 Å². The molecule has 13 heavy (non-hydrogen) atoms. The van der Waals surface area contributed by atoms with Crippen LogP contribution in [0.2, 0.25) is 0 Å². The Morgan fingerprint density at radius 1 is 1.38 bits per heavy atom. The summed E-state index contributed by atoms with van der Waals surface area (Å²) in [5, 5.41) is 11.0. The van der Waals surface area contributed by atoms with Gasteiger partial charge in [-0.05, 0) is 6.07 Å². The number of halogens is 3. The molecular formula is C7H7F3N2O. The van der Waals surface area contributed by atoms with E-state index in [9.17, 15) is 18.4 Å². The summed E-state index contributed by atoms with van der Waals surface area (Å²) in [7, 11) is 0. The summed E-state index contributed by atoms with van der Waals surface area (Å²) >= 11 is 0. The topological polar surface area (TPSA) is 53.0 Å². The van der Waals surface area contributed by atoms with Crippen molar-refractivity contribution in [1.29, 1.82) is 0 Å². The summed E-state index contributed by atoms with van der Waals surface area (Å²) in [6.45, 7) is 1.23. The fourth-order valence-electron chi connectivity index (χ4n) is 0.865. The van der Waals surface area contributed by atoms with Crippen molar-refractivity contribution < 1.29 is 17.9 Å². The molecule has 0 amide bonds. The second-order valence-electron chi connectivity index (χ2n) is 2.55. The maximum atomic E-state index is 12.1. The molecular weight excluding hydrogens is 185 g/mol. The Hall–Kier alpha value is -1.46. The molecule has 0 aliphatic rings.